The topological polar surface area (TPSA) is 69.6 Å². The standard InChI is InChI=1S/C14H12FN5/c15-12-8-19-20(9-12)13-4-3-10(7-18-13)6-11-2-1-5-17-14(11)16/h1-5,7-9H,6H2,(H2,16,17). The van der Waals surface area contributed by atoms with Gasteiger partial charge in [0.25, 0.3) is 0 Å². The van der Waals surface area contributed by atoms with Crippen molar-refractivity contribution in [2.24, 2.45) is 0 Å². The summed E-state index contributed by atoms with van der Waals surface area (Å²) < 4.78 is 14.3. The van der Waals surface area contributed by atoms with Crippen molar-refractivity contribution < 1.29 is 4.39 Å². The number of rotatable bonds is 3. The van der Waals surface area contributed by atoms with Gasteiger partial charge in [-0.2, -0.15) is 5.10 Å². The lowest BCUT2D eigenvalue weighted by atomic mass is 10.1. The molecule has 2 N–H and O–H groups in total. The molecule has 20 heavy (non-hydrogen) atoms. The lowest BCUT2D eigenvalue weighted by molar-refractivity contribution is 0.627. The third kappa shape index (κ3) is 2.49. The predicted molar refractivity (Wildman–Crippen MR) is 72.8 cm³/mol. The molecule has 0 aliphatic carbocycles. The quantitative estimate of drug-likeness (QED) is 0.789. The zero-order chi connectivity index (χ0) is 13.9. The van der Waals surface area contributed by atoms with Gasteiger partial charge in [0.15, 0.2) is 11.6 Å². The molecule has 0 aromatic carbocycles. The van der Waals surface area contributed by atoms with Gasteiger partial charge in [-0.3, -0.25) is 0 Å². The van der Waals surface area contributed by atoms with E-state index in [4.69, 9.17) is 5.73 Å². The number of nitrogen functional groups attached to an aromatic ring is 1. The molecule has 0 amide bonds. The summed E-state index contributed by atoms with van der Waals surface area (Å²) in [6, 6.07) is 7.47. The zero-order valence-electron chi connectivity index (χ0n) is 10.6. The second kappa shape index (κ2) is 5.08. The number of anilines is 1. The van der Waals surface area contributed by atoms with Gasteiger partial charge in [-0.25, -0.2) is 19.0 Å². The van der Waals surface area contributed by atoms with Crippen molar-refractivity contribution >= 4 is 5.82 Å². The largest absolute Gasteiger partial charge is 0.383 e. The maximum Gasteiger partial charge on any atom is 0.161 e. The molecule has 3 aromatic rings. The number of halogens is 1. The molecule has 3 heterocycles. The van der Waals surface area contributed by atoms with Crippen LogP contribution in [-0.4, -0.2) is 19.7 Å². The van der Waals surface area contributed by atoms with E-state index in [2.05, 4.69) is 15.1 Å². The van der Waals surface area contributed by atoms with Gasteiger partial charge in [0, 0.05) is 18.8 Å². The normalized spacial score (nSPS) is 10.7. The number of hydrogen-bond donors (Lipinski definition) is 1. The van der Waals surface area contributed by atoms with E-state index in [0.717, 1.165) is 17.3 Å². The third-order valence-electron chi connectivity index (χ3n) is 2.92. The summed E-state index contributed by atoms with van der Waals surface area (Å²) >= 11 is 0. The first-order valence-corrected chi connectivity index (χ1v) is 6.07. The summed E-state index contributed by atoms with van der Waals surface area (Å²) in [6.07, 6.45) is 6.46. The Hall–Kier alpha value is -2.76. The highest BCUT2D eigenvalue weighted by Gasteiger charge is 2.04. The molecule has 3 rings (SSSR count). The van der Waals surface area contributed by atoms with Crippen LogP contribution >= 0.6 is 0 Å². The summed E-state index contributed by atoms with van der Waals surface area (Å²) in [7, 11) is 0. The number of nitrogens with two attached hydrogens (primary N) is 1. The fourth-order valence-electron chi connectivity index (χ4n) is 1.90. The van der Waals surface area contributed by atoms with E-state index < -0.39 is 0 Å². The summed E-state index contributed by atoms with van der Waals surface area (Å²) in [5.74, 6) is 0.696. The van der Waals surface area contributed by atoms with Crippen LogP contribution in [0.25, 0.3) is 5.82 Å². The SMILES string of the molecule is Nc1ncccc1Cc1ccc(-n2cc(F)cn2)nc1. The summed E-state index contributed by atoms with van der Waals surface area (Å²) in [5.41, 5.74) is 7.76. The molecule has 0 unspecified atom stereocenters. The monoisotopic (exact) mass is 269 g/mol. The lowest BCUT2D eigenvalue weighted by Crippen LogP contribution is -2.01. The molecule has 5 nitrogen and oxygen atoms in total. The number of pyridine rings is 2. The second-order valence-electron chi connectivity index (χ2n) is 4.35. The van der Waals surface area contributed by atoms with Crippen molar-refractivity contribution in [3.63, 3.8) is 0 Å². The first-order valence-electron chi connectivity index (χ1n) is 6.07. The highest BCUT2D eigenvalue weighted by atomic mass is 19.1. The zero-order valence-corrected chi connectivity index (χ0v) is 10.6. The van der Waals surface area contributed by atoms with Crippen molar-refractivity contribution in [2.45, 2.75) is 6.42 Å². The average Bonchev–Trinajstić information content (AvgIpc) is 2.89. The molecule has 0 spiro atoms. The molecule has 0 saturated heterocycles. The Bertz CT molecular complexity index is 720. The van der Waals surface area contributed by atoms with Gasteiger partial charge in [-0.1, -0.05) is 12.1 Å². The Kier molecular flexibility index (Phi) is 3.12. The van der Waals surface area contributed by atoms with Gasteiger partial charge in [0.1, 0.15) is 5.82 Å². The van der Waals surface area contributed by atoms with Crippen LogP contribution in [0.4, 0.5) is 10.2 Å². The first-order chi connectivity index (χ1) is 9.72. The molecule has 0 saturated carbocycles. The summed E-state index contributed by atoms with van der Waals surface area (Å²) in [4.78, 5) is 8.31. The molecular weight excluding hydrogens is 257 g/mol. The van der Waals surface area contributed by atoms with Gasteiger partial charge in [-0.05, 0) is 23.3 Å². The Labute approximate surface area is 114 Å². The fourth-order valence-corrected chi connectivity index (χ4v) is 1.90. The van der Waals surface area contributed by atoms with Crippen molar-refractivity contribution in [3.8, 4) is 5.82 Å². The van der Waals surface area contributed by atoms with Crippen molar-refractivity contribution in [2.75, 3.05) is 5.73 Å². The minimum atomic E-state index is -0.390. The van der Waals surface area contributed by atoms with Crippen molar-refractivity contribution in [3.05, 3.63) is 66.0 Å². The number of nitrogens with zero attached hydrogens (tertiary/aromatic N) is 4. The highest BCUT2D eigenvalue weighted by molar-refractivity contribution is 5.41. The molecule has 6 heteroatoms. The number of hydrogen-bond acceptors (Lipinski definition) is 4. The van der Waals surface area contributed by atoms with Gasteiger partial charge >= 0.3 is 0 Å². The van der Waals surface area contributed by atoms with Crippen LogP contribution in [0.5, 0.6) is 0 Å². The van der Waals surface area contributed by atoms with Crippen LogP contribution in [0.1, 0.15) is 11.1 Å². The Morgan fingerprint density at radius 2 is 2.05 bits per heavy atom. The molecule has 0 aliphatic heterocycles. The van der Waals surface area contributed by atoms with Crippen LogP contribution in [0, 0.1) is 5.82 Å². The van der Waals surface area contributed by atoms with Crippen LogP contribution in [0.3, 0.4) is 0 Å². The molecule has 100 valence electrons. The maximum absolute atomic E-state index is 12.9. The molecule has 0 atom stereocenters. The molecule has 0 aliphatic rings. The van der Waals surface area contributed by atoms with Gasteiger partial charge in [0.05, 0.1) is 12.4 Å². The highest BCUT2D eigenvalue weighted by Crippen LogP contribution is 2.14. The van der Waals surface area contributed by atoms with Crippen molar-refractivity contribution in [1.29, 1.82) is 0 Å². The molecule has 0 fully saturated rings. The van der Waals surface area contributed by atoms with Crippen LogP contribution in [0.15, 0.2) is 49.1 Å². The van der Waals surface area contributed by atoms with E-state index in [9.17, 15) is 4.39 Å². The Balaban J connectivity index is 1.82. The Morgan fingerprint density at radius 3 is 2.70 bits per heavy atom. The minimum absolute atomic E-state index is 0.390. The van der Waals surface area contributed by atoms with E-state index in [1.165, 1.54) is 10.9 Å². The minimum Gasteiger partial charge on any atom is -0.383 e. The lowest BCUT2D eigenvalue weighted by Gasteiger charge is -2.05. The van der Waals surface area contributed by atoms with E-state index in [1.54, 1.807) is 18.5 Å². The predicted octanol–water partition coefficient (Wildman–Crippen LogP) is 1.97. The second-order valence-corrected chi connectivity index (χ2v) is 4.35. The average molecular weight is 269 g/mol. The van der Waals surface area contributed by atoms with Crippen molar-refractivity contribution in [1.82, 2.24) is 19.7 Å². The van der Waals surface area contributed by atoms with E-state index in [-0.39, 0.29) is 5.82 Å². The molecular formula is C14H12FN5. The first kappa shape index (κ1) is 12.3. The van der Waals surface area contributed by atoms with Crippen LogP contribution in [0.2, 0.25) is 0 Å². The van der Waals surface area contributed by atoms with Gasteiger partial charge in [0.2, 0.25) is 0 Å². The van der Waals surface area contributed by atoms with E-state index in [0.29, 0.717) is 18.1 Å². The molecule has 3 aromatic heterocycles. The van der Waals surface area contributed by atoms with Gasteiger partial charge < -0.3 is 5.73 Å². The fraction of sp³-hybridized carbons (Fsp3) is 0.0714. The van der Waals surface area contributed by atoms with Crippen LogP contribution in [-0.2, 0) is 6.42 Å². The summed E-state index contributed by atoms with van der Waals surface area (Å²) in [5, 5.41) is 3.86. The Morgan fingerprint density at radius 1 is 1.15 bits per heavy atom. The molecule has 0 bridgehead atoms. The maximum atomic E-state index is 12.9. The van der Waals surface area contributed by atoms with Crippen LogP contribution < -0.4 is 5.73 Å². The smallest absolute Gasteiger partial charge is 0.161 e. The summed E-state index contributed by atoms with van der Waals surface area (Å²) in [6.45, 7) is 0. The molecule has 0 radical (unpaired) electrons. The van der Waals surface area contributed by atoms with E-state index >= 15 is 0 Å². The van der Waals surface area contributed by atoms with Gasteiger partial charge in [-0.15, -0.1) is 0 Å². The third-order valence-corrected chi connectivity index (χ3v) is 2.92. The van der Waals surface area contributed by atoms with E-state index in [1.807, 2.05) is 18.2 Å². The number of aromatic nitrogens is 4.